The number of aromatic amines is 1. The molecule has 1 unspecified atom stereocenters. The van der Waals surface area contributed by atoms with Crippen LogP contribution in [0.4, 0.5) is 0 Å². The number of hydrogen-bond acceptors (Lipinski definition) is 2. The van der Waals surface area contributed by atoms with Crippen LogP contribution in [0.2, 0.25) is 0 Å². The smallest absolute Gasteiger partial charge is 0.306 e. The molecule has 21 heavy (non-hydrogen) atoms. The van der Waals surface area contributed by atoms with Crippen molar-refractivity contribution in [3.63, 3.8) is 0 Å². The summed E-state index contributed by atoms with van der Waals surface area (Å²) in [6, 6.07) is 16.3. The van der Waals surface area contributed by atoms with Crippen LogP contribution in [0.1, 0.15) is 24.9 Å². The summed E-state index contributed by atoms with van der Waals surface area (Å²) in [4.78, 5) is 27.6. The number of nitrogens with zero attached hydrogens (tertiary/aromatic N) is 1. The average molecular weight is 280 g/mol. The first-order valence-electron chi connectivity index (χ1n) is 6.99. The average Bonchev–Trinajstić information content (AvgIpc) is 2.85. The van der Waals surface area contributed by atoms with E-state index < -0.39 is 6.04 Å². The van der Waals surface area contributed by atoms with Crippen LogP contribution in [0.15, 0.2) is 59.4 Å². The third-order valence-corrected chi connectivity index (χ3v) is 3.65. The number of Topliss-reactive ketones (excluding diaryl/α,β-unsaturated/α-hetero) is 1. The van der Waals surface area contributed by atoms with E-state index in [0.717, 1.165) is 16.6 Å². The Bertz CT molecular complexity index is 831. The molecule has 2 aromatic carbocycles. The van der Waals surface area contributed by atoms with Gasteiger partial charge < -0.3 is 4.98 Å². The molecule has 1 aromatic heterocycles. The van der Waals surface area contributed by atoms with Gasteiger partial charge in [-0.3, -0.25) is 9.36 Å². The standard InChI is InChI=1S/C17H16N2O2/c1-2-15(20)16(12-8-4-3-5-9-12)19-14-11-7-6-10-13(14)18-17(19)21/h3-11,16H,2H2,1H3,(H,18,21). The van der Waals surface area contributed by atoms with Gasteiger partial charge >= 0.3 is 5.69 Å². The number of aromatic nitrogens is 2. The maximum atomic E-state index is 12.4. The predicted octanol–water partition coefficient (Wildman–Crippen LogP) is 2.90. The number of para-hydroxylation sites is 2. The van der Waals surface area contributed by atoms with Gasteiger partial charge in [0, 0.05) is 6.42 Å². The molecule has 4 heteroatoms. The van der Waals surface area contributed by atoms with Crippen molar-refractivity contribution < 1.29 is 4.79 Å². The first kappa shape index (κ1) is 13.4. The zero-order chi connectivity index (χ0) is 14.8. The molecule has 4 nitrogen and oxygen atoms in total. The summed E-state index contributed by atoms with van der Waals surface area (Å²) >= 11 is 0. The van der Waals surface area contributed by atoms with Gasteiger partial charge in [0.15, 0.2) is 5.78 Å². The Labute approximate surface area is 122 Å². The normalized spacial score (nSPS) is 12.4. The van der Waals surface area contributed by atoms with Crippen molar-refractivity contribution in [2.24, 2.45) is 0 Å². The van der Waals surface area contributed by atoms with Crippen LogP contribution in [0, 0.1) is 0 Å². The van der Waals surface area contributed by atoms with E-state index in [-0.39, 0.29) is 11.5 Å². The molecule has 3 aromatic rings. The van der Waals surface area contributed by atoms with Crippen molar-refractivity contribution in [3.05, 3.63) is 70.6 Å². The molecule has 0 amide bonds. The fraction of sp³-hybridized carbons (Fsp3) is 0.176. The summed E-state index contributed by atoms with van der Waals surface area (Å²) < 4.78 is 1.55. The first-order chi connectivity index (χ1) is 10.2. The van der Waals surface area contributed by atoms with E-state index in [2.05, 4.69) is 4.98 Å². The van der Waals surface area contributed by atoms with Gasteiger partial charge in [-0.05, 0) is 17.7 Å². The highest BCUT2D eigenvalue weighted by Gasteiger charge is 2.24. The van der Waals surface area contributed by atoms with E-state index in [4.69, 9.17) is 0 Å². The van der Waals surface area contributed by atoms with Gasteiger partial charge in [-0.25, -0.2) is 4.79 Å². The Kier molecular flexibility index (Phi) is 3.44. The van der Waals surface area contributed by atoms with E-state index >= 15 is 0 Å². The lowest BCUT2D eigenvalue weighted by Crippen LogP contribution is -2.28. The highest BCUT2D eigenvalue weighted by Crippen LogP contribution is 2.23. The lowest BCUT2D eigenvalue weighted by atomic mass is 10.0. The Balaban J connectivity index is 2.27. The second-order valence-corrected chi connectivity index (χ2v) is 4.95. The zero-order valence-electron chi connectivity index (χ0n) is 11.7. The maximum Gasteiger partial charge on any atom is 0.327 e. The fourth-order valence-corrected chi connectivity index (χ4v) is 2.64. The minimum Gasteiger partial charge on any atom is -0.306 e. The van der Waals surface area contributed by atoms with Crippen molar-refractivity contribution >= 4 is 16.8 Å². The molecule has 3 rings (SSSR count). The molecule has 1 atom stereocenters. The summed E-state index contributed by atoms with van der Waals surface area (Å²) in [6.45, 7) is 1.82. The Morgan fingerprint density at radius 1 is 1.10 bits per heavy atom. The van der Waals surface area contributed by atoms with Gasteiger partial charge in [0.25, 0.3) is 0 Å². The molecule has 0 aliphatic carbocycles. The number of carbonyl (C=O) groups excluding carboxylic acids is 1. The highest BCUT2D eigenvalue weighted by atomic mass is 16.2. The molecular weight excluding hydrogens is 264 g/mol. The summed E-state index contributed by atoms with van der Waals surface area (Å²) in [7, 11) is 0. The van der Waals surface area contributed by atoms with Crippen molar-refractivity contribution in [2.45, 2.75) is 19.4 Å². The van der Waals surface area contributed by atoms with Crippen LogP contribution in [-0.2, 0) is 4.79 Å². The fourth-order valence-electron chi connectivity index (χ4n) is 2.64. The van der Waals surface area contributed by atoms with Crippen LogP contribution in [0.5, 0.6) is 0 Å². The van der Waals surface area contributed by atoms with Crippen LogP contribution in [0.3, 0.4) is 0 Å². The number of imidazole rings is 1. The van der Waals surface area contributed by atoms with Crippen molar-refractivity contribution in [1.82, 2.24) is 9.55 Å². The van der Waals surface area contributed by atoms with Gasteiger partial charge in [0.05, 0.1) is 11.0 Å². The number of rotatable bonds is 4. The van der Waals surface area contributed by atoms with E-state index in [1.54, 1.807) is 4.57 Å². The molecule has 0 spiro atoms. The van der Waals surface area contributed by atoms with Crippen molar-refractivity contribution in [3.8, 4) is 0 Å². The van der Waals surface area contributed by atoms with Crippen LogP contribution >= 0.6 is 0 Å². The number of ketones is 1. The van der Waals surface area contributed by atoms with E-state index in [1.165, 1.54) is 0 Å². The van der Waals surface area contributed by atoms with Gasteiger partial charge in [0.1, 0.15) is 6.04 Å². The molecule has 0 aliphatic heterocycles. The minimum atomic E-state index is -0.583. The largest absolute Gasteiger partial charge is 0.327 e. The molecule has 1 heterocycles. The zero-order valence-corrected chi connectivity index (χ0v) is 11.7. The Morgan fingerprint density at radius 2 is 1.76 bits per heavy atom. The monoisotopic (exact) mass is 280 g/mol. The molecule has 0 fully saturated rings. The lowest BCUT2D eigenvalue weighted by molar-refractivity contribution is -0.120. The van der Waals surface area contributed by atoms with Gasteiger partial charge in [0.2, 0.25) is 0 Å². The third-order valence-electron chi connectivity index (χ3n) is 3.65. The van der Waals surface area contributed by atoms with E-state index in [9.17, 15) is 9.59 Å². The van der Waals surface area contributed by atoms with Crippen LogP contribution in [0.25, 0.3) is 11.0 Å². The third kappa shape index (κ3) is 2.29. The molecule has 0 radical (unpaired) electrons. The molecule has 0 saturated carbocycles. The topological polar surface area (TPSA) is 54.9 Å². The van der Waals surface area contributed by atoms with Gasteiger partial charge in [-0.1, -0.05) is 49.4 Å². The quantitative estimate of drug-likeness (QED) is 0.799. The SMILES string of the molecule is CCC(=O)C(c1ccccc1)n1c(=O)[nH]c2ccccc21. The molecule has 0 bridgehead atoms. The van der Waals surface area contributed by atoms with Crippen LogP contribution in [-0.4, -0.2) is 15.3 Å². The highest BCUT2D eigenvalue weighted by molar-refractivity contribution is 5.88. The molecular formula is C17H16N2O2. The number of nitrogens with one attached hydrogen (secondary N) is 1. The minimum absolute atomic E-state index is 0.0213. The number of H-pyrrole nitrogens is 1. The van der Waals surface area contributed by atoms with E-state index in [0.29, 0.717) is 6.42 Å². The lowest BCUT2D eigenvalue weighted by Gasteiger charge is -2.17. The summed E-state index contributed by atoms with van der Waals surface area (Å²) in [6.07, 6.45) is 0.380. The molecule has 1 N–H and O–H groups in total. The summed E-state index contributed by atoms with van der Waals surface area (Å²) in [5.74, 6) is 0.0213. The molecule has 106 valence electrons. The summed E-state index contributed by atoms with van der Waals surface area (Å²) in [5.41, 5.74) is 2.06. The first-order valence-corrected chi connectivity index (χ1v) is 6.99. The second-order valence-electron chi connectivity index (χ2n) is 4.95. The van der Waals surface area contributed by atoms with Gasteiger partial charge in [-0.2, -0.15) is 0 Å². The second kappa shape index (κ2) is 5.40. The number of hydrogen-bond donors (Lipinski definition) is 1. The van der Waals surface area contributed by atoms with Crippen molar-refractivity contribution in [1.29, 1.82) is 0 Å². The predicted molar refractivity (Wildman–Crippen MR) is 82.4 cm³/mol. The van der Waals surface area contributed by atoms with Crippen LogP contribution < -0.4 is 5.69 Å². The Hall–Kier alpha value is -2.62. The van der Waals surface area contributed by atoms with E-state index in [1.807, 2.05) is 61.5 Å². The molecule has 0 saturated heterocycles. The summed E-state index contributed by atoms with van der Waals surface area (Å²) in [5, 5.41) is 0. The Morgan fingerprint density at radius 3 is 2.48 bits per heavy atom. The number of fused-ring (bicyclic) bond motifs is 1. The number of carbonyl (C=O) groups is 1. The van der Waals surface area contributed by atoms with Gasteiger partial charge in [-0.15, -0.1) is 0 Å². The maximum absolute atomic E-state index is 12.4. The van der Waals surface area contributed by atoms with Crippen molar-refractivity contribution in [2.75, 3.05) is 0 Å². The molecule has 0 aliphatic rings. The number of benzene rings is 2.